The van der Waals surface area contributed by atoms with E-state index in [2.05, 4.69) is 35.8 Å². The Kier molecular flexibility index (Phi) is 7.32. The third-order valence-electron chi connectivity index (χ3n) is 2.76. The van der Waals surface area contributed by atoms with Crippen LogP contribution in [0.5, 0.6) is 0 Å². The molecule has 0 heterocycles. The van der Waals surface area contributed by atoms with E-state index in [0.29, 0.717) is 0 Å². The Morgan fingerprint density at radius 3 is 2.32 bits per heavy atom. The lowest BCUT2D eigenvalue weighted by Gasteiger charge is -2.07. The molecule has 2 rings (SSSR count). The first kappa shape index (κ1) is 16.4. The molecule has 102 valence electrons. The molecule has 0 atom stereocenters. The lowest BCUT2D eigenvalue weighted by molar-refractivity contribution is 0.693. The Morgan fingerprint density at radius 1 is 1.00 bits per heavy atom. The summed E-state index contributed by atoms with van der Waals surface area (Å²) in [6.07, 6.45) is 2.09. The van der Waals surface area contributed by atoms with Gasteiger partial charge in [-0.25, -0.2) is 0 Å². The van der Waals surface area contributed by atoms with E-state index >= 15 is 0 Å². The molecule has 0 amide bonds. The summed E-state index contributed by atoms with van der Waals surface area (Å²) in [4.78, 5) is 1.30. The van der Waals surface area contributed by atoms with Crippen molar-refractivity contribution in [3.63, 3.8) is 0 Å². The third-order valence-corrected chi connectivity index (χ3v) is 3.87. The minimum absolute atomic E-state index is 0. The quantitative estimate of drug-likeness (QED) is 0.798. The second kappa shape index (κ2) is 8.49. The van der Waals surface area contributed by atoms with Gasteiger partial charge in [0.15, 0.2) is 0 Å². The molecule has 1 N–H and O–H groups in total. The van der Waals surface area contributed by atoms with Crippen molar-refractivity contribution in [2.24, 2.45) is 0 Å². The van der Waals surface area contributed by atoms with Gasteiger partial charge < -0.3 is 5.32 Å². The van der Waals surface area contributed by atoms with Gasteiger partial charge in [-0.2, -0.15) is 0 Å². The van der Waals surface area contributed by atoms with Crippen LogP contribution in [0, 0.1) is 0 Å². The van der Waals surface area contributed by atoms with Crippen LogP contribution in [0.4, 0.5) is 0 Å². The van der Waals surface area contributed by atoms with Crippen LogP contribution in [0.1, 0.15) is 11.1 Å². The minimum atomic E-state index is 0. The number of hydrogen-bond donors (Lipinski definition) is 1. The Morgan fingerprint density at radius 2 is 1.68 bits per heavy atom. The Bertz CT molecular complexity index is 500. The van der Waals surface area contributed by atoms with Crippen LogP contribution in [-0.2, 0) is 13.1 Å². The van der Waals surface area contributed by atoms with E-state index in [9.17, 15) is 0 Å². The van der Waals surface area contributed by atoms with Crippen LogP contribution in [-0.4, -0.2) is 6.26 Å². The average molecular weight is 314 g/mol. The number of rotatable bonds is 5. The van der Waals surface area contributed by atoms with E-state index in [1.165, 1.54) is 10.5 Å². The number of halogens is 2. The van der Waals surface area contributed by atoms with Crippen molar-refractivity contribution < 1.29 is 0 Å². The summed E-state index contributed by atoms with van der Waals surface area (Å²) in [5, 5.41) is 4.23. The summed E-state index contributed by atoms with van der Waals surface area (Å²) in [6.45, 7) is 1.66. The fourth-order valence-corrected chi connectivity index (χ4v) is 2.34. The number of nitrogens with one attached hydrogen (secondary N) is 1. The molecule has 4 heteroatoms. The molecular weight excluding hydrogens is 297 g/mol. The molecule has 2 aromatic rings. The maximum atomic E-state index is 6.10. The van der Waals surface area contributed by atoms with Crippen LogP contribution in [0.15, 0.2) is 53.4 Å². The maximum absolute atomic E-state index is 6.10. The van der Waals surface area contributed by atoms with Crippen molar-refractivity contribution in [1.82, 2.24) is 5.32 Å². The highest BCUT2D eigenvalue weighted by molar-refractivity contribution is 7.98. The van der Waals surface area contributed by atoms with Crippen LogP contribution >= 0.6 is 35.8 Å². The first-order chi connectivity index (χ1) is 8.79. The zero-order valence-electron chi connectivity index (χ0n) is 10.7. The average Bonchev–Trinajstić information content (AvgIpc) is 2.42. The smallest absolute Gasteiger partial charge is 0.0450 e. The Hall–Kier alpha value is -0.670. The summed E-state index contributed by atoms with van der Waals surface area (Å²) < 4.78 is 0. The molecule has 0 aliphatic rings. The van der Waals surface area contributed by atoms with Gasteiger partial charge in [0.2, 0.25) is 0 Å². The van der Waals surface area contributed by atoms with Gasteiger partial charge >= 0.3 is 0 Å². The van der Waals surface area contributed by atoms with Crippen LogP contribution in [0.2, 0.25) is 5.02 Å². The molecule has 1 nitrogen and oxygen atoms in total. The SMILES string of the molecule is CSc1ccc(CNCc2ccccc2Cl)cc1.Cl. The van der Waals surface area contributed by atoms with Crippen molar-refractivity contribution in [3.05, 3.63) is 64.7 Å². The molecule has 2 aromatic carbocycles. The first-order valence-corrected chi connectivity index (χ1v) is 7.47. The van der Waals surface area contributed by atoms with Gasteiger partial charge in [0, 0.05) is 23.0 Å². The van der Waals surface area contributed by atoms with Gasteiger partial charge in [-0.05, 0) is 35.6 Å². The fourth-order valence-electron chi connectivity index (χ4n) is 1.73. The van der Waals surface area contributed by atoms with Crippen molar-refractivity contribution in [3.8, 4) is 0 Å². The molecule has 0 saturated carbocycles. The number of benzene rings is 2. The lowest BCUT2D eigenvalue weighted by atomic mass is 10.2. The molecule has 0 radical (unpaired) electrons. The highest BCUT2D eigenvalue weighted by Crippen LogP contribution is 2.16. The number of thioether (sulfide) groups is 1. The third kappa shape index (κ3) is 5.07. The summed E-state index contributed by atoms with van der Waals surface area (Å²) in [5.74, 6) is 0. The van der Waals surface area contributed by atoms with E-state index in [1.807, 2.05) is 24.3 Å². The predicted molar refractivity (Wildman–Crippen MR) is 87.5 cm³/mol. The van der Waals surface area contributed by atoms with Crippen molar-refractivity contribution in [1.29, 1.82) is 0 Å². The molecule has 0 bridgehead atoms. The standard InChI is InChI=1S/C15H16ClNS.ClH/c1-18-14-8-6-12(7-9-14)10-17-11-13-4-2-3-5-15(13)16;/h2-9,17H,10-11H2,1H3;1H. The predicted octanol–water partition coefficient (Wildman–Crippen LogP) is 4.77. The first-order valence-electron chi connectivity index (χ1n) is 5.86. The van der Waals surface area contributed by atoms with Gasteiger partial charge in [0.25, 0.3) is 0 Å². The van der Waals surface area contributed by atoms with E-state index in [0.717, 1.165) is 23.7 Å². The zero-order chi connectivity index (χ0) is 12.8. The van der Waals surface area contributed by atoms with Gasteiger partial charge in [-0.1, -0.05) is 41.9 Å². The zero-order valence-corrected chi connectivity index (χ0v) is 13.1. The molecule has 0 unspecified atom stereocenters. The van der Waals surface area contributed by atoms with E-state index in [-0.39, 0.29) is 12.4 Å². The molecular formula is C15H17Cl2NS. The molecule has 0 aliphatic heterocycles. The molecule has 0 saturated heterocycles. The molecule has 0 aromatic heterocycles. The summed E-state index contributed by atoms with van der Waals surface area (Å²) in [6, 6.07) is 16.5. The van der Waals surface area contributed by atoms with Crippen LogP contribution < -0.4 is 5.32 Å². The normalized spacial score (nSPS) is 10.0. The number of hydrogen-bond acceptors (Lipinski definition) is 2. The van der Waals surface area contributed by atoms with Crippen molar-refractivity contribution in [2.75, 3.05) is 6.26 Å². The fraction of sp³-hybridized carbons (Fsp3) is 0.200. The van der Waals surface area contributed by atoms with Gasteiger partial charge in [0.1, 0.15) is 0 Å². The van der Waals surface area contributed by atoms with Gasteiger partial charge in [0.05, 0.1) is 0 Å². The van der Waals surface area contributed by atoms with Gasteiger partial charge in [-0.15, -0.1) is 24.2 Å². The molecule has 0 aliphatic carbocycles. The highest BCUT2D eigenvalue weighted by atomic mass is 35.5. The second-order valence-corrected chi connectivity index (χ2v) is 5.33. The summed E-state index contributed by atoms with van der Waals surface area (Å²) >= 11 is 7.87. The maximum Gasteiger partial charge on any atom is 0.0450 e. The molecule has 0 fully saturated rings. The van der Waals surface area contributed by atoms with Crippen LogP contribution in [0.25, 0.3) is 0 Å². The largest absolute Gasteiger partial charge is 0.309 e. The van der Waals surface area contributed by atoms with Crippen LogP contribution in [0.3, 0.4) is 0 Å². The Labute approximate surface area is 130 Å². The van der Waals surface area contributed by atoms with Crippen molar-refractivity contribution in [2.45, 2.75) is 18.0 Å². The second-order valence-electron chi connectivity index (χ2n) is 4.04. The van der Waals surface area contributed by atoms with Gasteiger partial charge in [-0.3, -0.25) is 0 Å². The highest BCUT2D eigenvalue weighted by Gasteiger charge is 1.98. The molecule has 19 heavy (non-hydrogen) atoms. The molecule has 0 spiro atoms. The monoisotopic (exact) mass is 313 g/mol. The minimum Gasteiger partial charge on any atom is -0.309 e. The summed E-state index contributed by atoms with van der Waals surface area (Å²) in [7, 11) is 0. The topological polar surface area (TPSA) is 12.0 Å². The van der Waals surface area contributed by atoms with E-state index in [4.69, 9.17) is 11.6 Å². The van der Waals surface area contributed by atoms with E-state index < -0.39 is 0 Å². The lowest BCUT2D eigenvalue weighted by Crippen LogP contribution is -2.12. The van der Waals surface area contributed by atoms with Crippen molar-refractivity contribution >= 4 is 35.8 Å². The Balaban J connectivity index is 0.00000180. The van der Waals surface area contributed by atoms with E-state index in [1.54, 1.807) is 11.8 Å². The summed E-state index contributed by atoms with van der Waals surface area (Å²) in [5.41, 5.74) is 2.43.